The number of sulfone groups is 1. The molecule has 1 rings (SSSR count). The predicted molar refractivity (Wildman–Crippen MR) is 73.4 cm³/mol. The van der Waals surface area contributed by atoms with Crippen LogP contribution >= 0.6 is 0 Å². The number of esters is 1. The van der Waals surface area contributed by atoms with Gasteiger partial charge in [0, 0.05) is 13.4 Å². The summed E-state index contributed by atoms with van der Waals surface area (Å²) < 4.78 is 33.1. The standard InChI is InChI=1S/C13H16O7S/c1-8-9(12(14)15)4-5-10(21(3,17)18)11(8)13(16)20-7-6-19-2/h4-5H,6-7H2,1-3H3,(H,14,15). The Balaban J connectivity index is 3.40. The van der Waals surface area contributed by atoms with E-state index in [9.17, 15) is 18.0 Å². The van der Waals surface area contributed by atoms with Crippen LogP contribution in [0.5, 0.6) is 0 Å². The molecule has 0 aromatic heterocycles. The van der Waals surface area contributed by atoms with E-state index in [0.717, 1.165) is 18.4 Å². The number of carbonyl (C=O) groups is 2. The number of methoxy groups -OCH3 is 1. The lowest BCUT2D eigenvalue weighted by atomic mass is 10.0. The van der Waals surface area contributed by atoms with E-state index in [-0.39, 0.29) is 34.8 Å². The highest BCUT2D eigenvalue weighted by Crippen LogP contribution is 2.24. The van der Waals surface area contributed by atoms with Gasteiger partial charge in [-0.25, -0.2) is 18.0 Å². The van der Waals surface area contributed by atoms with Crippen molar-refractivity contribution >= 4 is 21.8 Å². The van der Waals surface area contributed by atoms with Gasteiger partial charge in [0.1, 0.15) is 6.61 Å². The van der Waals surface area contributed by atoms with Crippen molar-refractivity contribution in [3.63, 3.8) is 0 Å². The lowest BCUT2D eigenvalue weighted by Crippen LogP contribution is -2.17. The van der Waals surface area contributed by atoms with Crippen molar-refractivity contribution < 1.29 is 32.6 Å². The van der Waals surface area contributed by atoms with Gasteiger partial charge in [0.2, 0.25) is 0 Å². The third-order valence-corrected chi connectivity index (χ3v) is 3.92. The molecule has 0 bridgehead atoms. The molecular formula is C13H16O7S. The summed E-state index contributed by atoms with van der Waals surface area (Å²) in [6.45, 7) is 1.46. The smallest absolute Gasteiger partial charge is 0.339 e. The van der Waals surface area contributed by atoms with Crippen LogP contribution in [0.1, 0.15) is 26.3 Å². The van der Waals surface area contributed by atoms with Crippen LogP contribution < -0.4 is 0 Å². The van der Waals surface area contributed by atoms with Crippen molar-refractivity contribution in [1.29, 1.82) is 0 Å². The van der Waals surface area contributed by atoms with Crippen molar-refractivity contribution in [2.45, 2.75) is 11.8 Å². The largest absolute Gasteiger partial charge is 0.478 e. The number of carbonyl (C=O) groups excluding carboxylic acids is 1. The molecule has 1 aromatic rings. The van der Waals surface area contributed by atoms with E-state index in [4.69, 9.17) is 14.6 Å². The summed E-state index contributed by atoms with van der Waals surface area (Å²) in [7, 11) is -2.28. The number of carboxylic acids is 1. The van der Waals surface area contributed by atoms with E-state index < -0.39 is 21.8 Å². The van der Waals surface area contributed by atoms with Crippen LogP contribution in [0.15, 0.2) is 17.0 Å². The van der Waals surface area contributed by atoms with Crippen molar-refractivity contribution in [3.05, 3.63) is 28.8 Å². The molecule has 0 fully saturated rings. The average Bonchev–Trinajstić information content (AvgIpc) is 2.36. The monoisotopic (exact) mass is 316 g/mol. The number of hydrogen-bond donors (Lipinski definition) is 1. The van der Waals surface area contributed by atoms with Gasteiger partial charge >= 0.3 is 11.9 Å². The fraction of sp³-hybridized carbons (Fsp3) is 0.385. The fourth-order valence-corrected chi connectivity index (χ4v) is 2.69. The Morgan fingerprint density at radius 2 is 1.86 bits per heavy atom. The predicted octanol–water partition coefficient (Wildman–Crippen LogP) is 0.900. The Hall–Kier alpha value is -1.93. The van der Waals surface area contributed by atoms with Crippen LogP contribution in [-0.4, -0.2) is 52.0 Å². The molecule has 0 aliphatic carbocycles. The summed E-state index contributed by atoms with van der Waals surface area (Å²) in [4.78, 5) is 22.9. The van der Waals surface area contributed by atoms with Crippen molar-refractivity contribution in [2.75, 3.05) is 26.6 Å². The van der Waals surface area contributed by atoms with Gasteiger partial charge < -0.3 is 14.6 Å². The zero-order chi connectivity index (χ0) is 16.2. The number of hydrogen-bond acceptors (Lipinski definition) is 6. The molecule has 0 amide bonds. The van der Waals surface area contributed by atoms with Gasteiger partial charge in [-0.1, -0.05) is 0 Å². The second-order valence-corrected chi connectivity index (χ2v) is 6.30. The summed E-state index contributed by atoms with van der Waals surface area (Å²) in [5.41, 5.74) is -0.359. The maximum absolute atomic E-state index is 12.0. The second-order valence-electron chi connectivity index (χ2n) is 4.32. The lowest BCUT2D eigenvalue weighted by Gasteiger charge is -2.13. The van der Waals surface area contributed by atoms with E-state index in [1.54, 1.807) is 0 Å². The minimum atomic E-state index is -3.70. The first-order valence-electron chi connectivity index (χ1n) is 5.93. The van der Waals surface area contributed by atoms with E-state index >= 15 is 0 Å². The van der Waals surface area contributed by atoms with Gasteiger partial charge in [0.05, 0.1) is 22.6 Å². The topological polar surface area (TPSA) is 107 Å². The third-order valence-electron chi connectivity index (χ3n) is 2.78. The van der Waals surface area contributed by atoms with Crippen LogP contribution in [0.2, 0.25) is 0 Å². The first kappa shape index (κ1) is 17.1. The van der Waals surface area contributed by atoms with Crippen molar-refractivity contribution in [1.82, 2.24) is 0 Å². The van der Waals surface area contributed by atoms with Gasteiger partial charge in [0.25, 0.3) is 0 Å². The molecule has 0 saturated heterocycles. The van der Waals surface area contributed by atoms with Crippen molar-refractivity contribution in [2.24, 2.45) is 0 Å². The minimum absolute atomic E-state index is 0.0489. The number of aromatic carboxylic acids is 1. The number of ether oxygens (including phenoxy) is 2. The van der Waals surface area contributed by atoms with Crippen LogP contribution in [0.3, 0.4) is 0 Å². The Morgan fingerprint density at radius 3 is 2.33 bits per heavy atom. The molecule has 0 heterocycles. The molecule has 0 spiro atoms. The highest BCUT2D eigenvalue weighted by molar-refractivity contribution is 7.90. The van der Waals surface area contributed by atoms with Gasteiger partial charge in [-0.2, -0.15) is 0 Å². The molecule has 0 unspecified atom stereocenters. The number of benzene rings is 1. The fourth-order valence-electron chi connectivity index (χ4n) is 1.77. The third kappa shape index (κ3) is 4.02. The van der Waals surface area contributed by atoms with Gasteiger partial charge in [-0.15, -0.1) is 0 Å². The molecule has 21 heavy (non-hydrogen) atoms. The molecule has 0 aliphatic heterocycles. The van der Waals surface area contributed by atoms with Crippen molar-refractivity contribution in [3.8, 4) is 0 Å². The normalized spacial score (nSPS) is 11.2. The van der Waals surface area contributed by atoms with Gasteiger partial charge in [0.15, 0.2) is 9.84 Å². The Morgan fingerprint density at radius 1 is 1.24 bits per heavy atom. The highest BCUT2D eigenvalue weighted by Gasteiger charge is 2.25. The molecule has 0 radical (unpaired) electrons. The maximum Gasteiger partial charge on any atom is 0.339 e. The molecule has 1 N–H and O–H groups in total. The Bertz CT molecular complexity index is 661. The molecule has 116 valence electrons. The van der Waals surface area contributed by atoms with Gasteiger partial charge in [-0.05, 0) is 24.6 Å². The quantitative estimate of drug-likeness (QED) is 0.613. The average molecular weight is 316 g/mol. The molecule has 0 aliphatic rings. The van der Waals surface area contributed by atoms with E-state index in [1.165, 1.54) is 14.0 Å². The number of carboxylic acid groups (broad SMARTS) is 1. The molecule has 8 heteroatoms. The number of rotatable bonds is 6. The van der Waals surface area contributed by atoms with Crippen LogP contribution in [-0.2, 0) is 19.3 Å². The molecule has 0 saturated carbocycles. The molecule has 1 aromatic carbocycles. The summed E-state index contributed by atoms with van der Waals surface area (Å²) in [6.07, 6.45) is 0.939. The lowest BCUT2D eigenvalue weighted by molar-refractivity contribution is 0.0383. The minimum Gasteiger partial charge on any atom is -0.478 e. The summed E-state index contributed by atoms with van der Waals surface area (Å²) in [5.74, 6) is -2.15. The van der Waals surface area contributed by atoms with Crippen LogP contribution in [0.25, 0.3) is 0 Å². The summed E-state index contributed by atoms with van der Waals surface area (Å²) in [6, 6.07) is 2.25. The van der Waals surface area contributed by atoms with Crippen LogP contribution in [0, 0.1) is 6.92 Å². The van der Waals surface area contributed by atoms with E-state index in [0.29, 0.717) is 0 Å². The van der Waals surface area contributed by atoms with Crippen LogP contribution in [0.4, 0.5) is 0 Å². The zero-order valence-electron chi connectivity index (χ0n) is 11.9. The SMILES string of the molecule is COCCOC(=O)c1c(S(C)(=O)=O)ccc(C(=O)O)c1C. The Labute approximate surface area is 122 Å². The molecule has 0 atom stereocenters. The summed E-state index contributed by atoms with van der Waals surface area (Å²) in [5, 5.41) is 9.06. The molecular weight excluding hydrogens is 300 g/mol. The highest BCUT2D eigenvalue weighted by atomic mass is 32.2. The summed E-state index contributed by atoms with van der Waals surface area (Å²) >= 11 is 0. The van der Waals surface area contributed by atoms with E-state index in [1.807, 2.05) is 0 Å². The zero-order valence-corrected chi connectivity index (χ0v) is 12.7. The first-order valence-corrected chi connectivity index (χ1v) is 7.82. The first-order chi connectivity index (χ1) is 9.70. The Kier molecular flexibility index (Phi) is 5.45. The van der Waals surface area contributed by atoms with E-state index in [2.05, 4.69) is 0 Å². The second kappa shape index (κ2) is 6.68. The molecule has 7 nitrogen and oxygen atoms in total. The van der Waals surface area contributed by atoms with Gasteiger partial charge in [-0.3, -0.25) is 0 Å². The maximum atomic E-state index is 12.0.